The summed E-state index contributed by atoms with van der Waals surface area (Å²) in [5, 5.41) is 3.49. The quantitative estimate of drug-likeness (QED) is 0.732. The smallest absolute Gasteiger partial charge is 0.337 e. The van der Waals surface area contributed by atoms with Gasteiger partial charge in [-0.15, -0.1) is 0 Å². The number of methoxy groups -OCH3 is 2. The number of hydrogen-bond donors (Lipinski definition) is 1. The van der Waals surface area contributed by atoms with E-state index in [4.69, 9.17) is 9.15 Å². The van der Waals surface area contributed by atoms with Crippen LogP contribution in [-0.4, -0.2) is 26.1 Å². The maximum Gasteiger partial charge on any atom is 0.337 e. The number of fused-ring (bicyclic) bond motifs is 1. The molecule has 0 saturated heterocycles. The standard InChI is InChI=1S/C19H17NO5/c1-11-17(15-10-14(23-2)8-9-16(15)25-11)18(21)20-13-6-4-12(5-7-13)19(22)24-3/h4-10H,1-3H3,(H,20,21). The molecule has 0 aliphatic heterocycles. The number of aryl methyl sites for hydroxylation is 1. The van der Waals surface area contributed by atoms with Crippen molar-refractivity contribution in [3.05, 3.63) is 59.4 Å². The Morgan fingerprint density at radius 1 is 1.04 bits per heavy atom. The number of ether oxygens (including phenoxy) is 2. The van der Waals surface area contributed by atoms with Gasteiger partial charge >= 0.3 is 5.97 Å². The third-order valence-electron chi connectivity index (χ3n) is 3.86. The zero-order chi connectivity index (χ0) is 18.0. The Morgan fingerprint density at radius 3 is 2.40 bits per heavy atom. The van der Waals surface area contributed by atoms with Crippen LogP contribution < -0.4 is 10.1 Å². The van der Waals surface area contributed by atoms with Crippen molar-refractivity contribution >= 4 is 28.5 Å². The maximum absolute atomic E-state index is 12.7. The molecule has 0 saturated carbocycles. The van der Waals surface area contributed by atoms with Crippen molar-refractivity contribution in [2.75, 3.05) is 19.5 Å². The van der Waals surface area contributed by atoms with Crippen LogP contribution in [0.4, 0.5) is 5.69 Å². The molecule has 6 heteroatoms. The Labute approximate surface area is 144 Å². The minimum Gasteiger partial charge on any atom is -0.497 e. The van der Waals surface area contributed by atoms with E-state index in [1.54, 1.807) is 56.5 Å². The van der Waals surface area contributed by atoms with Crippen LogP contribution in [0.5, 0.6) is 5.75 Å². The number of rotatable bonds is 4. The van der Waals surface area contributed by atoms with Crippen LogP contribution in [-0.2, 0) is 4.74 Å². The van der Waals surface area contributed by atoms with Crippen molar-refractivity contribution in [3.63, 3.8) is 0 Å². The molecular weight excluding hydrogens is 322 g/mol. The van der Waals surface area contributed by atoms with Gasteiger partial charge < -0.3 is 19.2 Å². The minimum atomic E-state index is -0.429. The number of esters is 1. The summed E-state index contributed by atoms with van der Waals surface area (Å²) in [5.41, 5.74) is 2.04. The number of carbonyl (C=O) groups excluding carboxylic acids is 2. The molecule has 128 valence electrons. The second-order valence-corrected chi connectivity index (χ2v) is 5.42. The molecule has 0 unspecified atom stereocenters. The van der Waals surface area contributed by atoms with Crippen LogP contribution in [0.2, 0.25) is 0 Å². The zero-order valence-electron chi connectivity index (χ0n) is 14.1. The fraction of sp³-hybridized carbons (Fsp3) is 0.158. The molecular formula is C19H17NO5. The Morgan fingerprint density at radius 2 is 1.76 bits per heavy atom. The highest BCUT2D eigenvalue weighted by Crippen LogP contribution is 2.29. The van der Waals surface area contributed by atoms with Crippen LogP contribution in [0.1, 0.15) is 26.5 Å². The maximum atomic E-state index is 12.7. The average Bonchev–Trinajstić information content (AvgIpc) is 2.96. The largest absolute Gasteiger partial charge is 0.497 e. The molecule has 0 aliphatic carbocycles. The Bertz CT molecular complexity index is 940. The second-order valence-electron chi connectivity index (χ2n) is 5.42. The average molecular weight is 339 g/mol. The van der Waals surface area contributed by atoms with Gasteiger partial charge in [-0.3, -0.25) is 4.79 Å². The number of benzene rings is 2. The summed E-state index contributed by atoms with van der Waals surface area (Å²) < 4.78 is 15.5. The van der Waals surface area contributed by atoms with E-state index in [0.717, 1.165) is 0 Å². The van der Waals surface area contributed by atoms with E-state index in [0.29, 0.717) is 39.3 Å². The van der Waals surface area contributed by atoms with Gasteiger partial charge in [0.1, 0.15) is 17.1 Å². The lowest BCUT2D eigenvalue weighted by Gasteiger charge is -2.06. The number of furan rings is 1. The first-order valence-corrected chi connectivity index (χ1v) is 7.60. The van der Waals surface area contributed by atoms with Crippen LogP contribution in [0.25, 0.3) is 11.0 Å². The highest BCUT2D eigenvalue weighted by Gasteiger charge is 2.19. The van der Waals surface area contributed by atoms with Gasteiger partial charge in [-0.05, 0) is 49.4 Å². The molecule has 2 aromatic carbocycles. The fourth-order valence-electron chi connectivity index (χ4n) is 2.61. The summed E-state index contributed by atoms with van der Waals surface area (Å²) in [6.45, 7) is 1.74. The van der Waals surface area contributed by atoms with E-state index < -0.39 is 5.97 Å². The molecule has 0 fully saturated rings. The van der Waals surface area contributed by atoms with E-state index in [2.05, 4.69) is 10.1 Å². The lowest BCUT2D eigenvalue weighted by atomic mass is 10.1. The number of nitrogens with one attached hydrogen (secondary N) is 1. The monoisotopic (exact) mass is 339 g/mol. The van der Waals surface area contributed by atoms with Crippen molar-refractivity contribution in [1.29, 1.82) is 0 Å². The molecule has 3 aromatic rings. The van der Waals surface area contributed by atoms with E-state index in [9.17, 15) is 9.59 Å². The zero-order valence-corrected chi connectivity index (χ0v) is 14.1. The van der Waals surface area contributed by atoms with Crippen LogP contribution in [0.3, 0.4) is 0 Å². The third kappa shape index (κ3) is 3.19. The topological polar surface area (TPSA) is 77.8 Å². The van der Waals surface area contributed by atoms with E-state index in [1.165, 1.54) is 7.11 Å². The Balaban J connectivity index is 1.89. The second kappa shape index (κ2) is 6.68. The third-order valence-corrected chi connectivity index (χ3v) is 3.86. The van der Waals surface area contributed by atoms with Gasteiger partial charge in [0.25, 0.3) is 5.91 Å². The first-order chi connectivity index (χ1) is 12.0. The van der Waals surface area contributed by atoms with Crippen LogP contribution in [0.15, 0.2) is 46.9 Å². The van der Waals surface area contributed by atoms with E-state index in [-0.39, 0.29) is 5.91 Å². The molecule has 1 amide bonds. The summed E-state index contributed by atoms with van der Waals surface area (Å²) in [7, 11) is 2.88. The minimum absolute atomic E-state index is 0.296. The van der Waals surface area contributed by atoms with Gasteiger partial charge in [0.2, 0.25) is 0 Å². The summed E-state index contributed by atoms with van der Waals surface area (Å²) in [4.78, 5) is 24.1. The summed E-state index contributed by atoms with van der Waals surface area (Å²) in [6, 6.07) is 11.8. The first kappa shape index (κ1) is 16.6. The molecule has 25 heavy (non-hydrogen) atoms. The molecule has 3 rings (SSSR count). The van der Waals surface area contributed by atoms with Crippen molar-refractivity contribution in [3.8, 4) is 5.75 Å². The lowest BCUT2D eigenvalue weighted by Crippen LogP contribution is -2.12. The van der Waals surface area contributed by atoms with E-state index in [1.807, 2.05) is 0 Å². The van der Waals surface area contributed by atoms with Crippen molar-refractivity contribution in [2.24, 2.45) is 0 Å². The molecule has 0 radical (unpaired) electrons. The summed E-state index contributed by atoms with van der Waals surface area (Å²) in [6.07, 6.45) is 0. The van der Waals surface area contributed by atoms with Gasteiger partial charge in [0.05, 0.1) is 25.3 Å². The van der Waals surface area contributed by atoms with Crippen LogP contribution >= 0.6 is 0 Å². The van der Waals surface area contributed by atoms with Crippen LogP contribution in [0, 0.1) is 6.92 Å². The molecule has 0 atom stereocenters. The van der Waals surface area contributed by atoms with Gasteiger partial charge in [-0.1, -0.05) is 0 Å². The summed E-state index contributed by atoms with van der Waals surface area (Å²) >= 11 is 0. The highest BCUT2D eigenvalue weighted by molar-refractivity contribution is 6.13. The Hall–Kier alpha value is -3.28. The van der Waals surface area contributed by atoms with Crippen molar-refractivity contribution in [2.45, 2.75) is 6.92 Å². The predicted molar refractivity (Wildman–Crippen MR) is 93.2 cm³/mol. The van der Waals surface area contributed by atoms with Gasteiger partial charge in [0, 0.05) is 11.1 Å². The van der Waals surface area contributed by atoms with Gasteiger partial charge in [-0.2, -0.15) is 0 Å². The lowest BCUT2D eigenvalue weighted by molar-refractivity contribution is 0.0600. The molecule has 1 aromatic heterocycles. The summed E-state index contributed by atoms with van der Waals surface area (Å²) in [5.74, 6) is 0.439. The van der Waals surface area contributed by atoms with E-state index >= 15 is 0 Å². The van der Waals surface area contributed by atoms with Crippen molar-refractivity contribution < 1.29 is 23.5 Å². The SMILES string of the molecule is COC(=O)c1ccc(NC(=O)c2c(C)oc3ccc(OC)cc23)cc1. The molecule has 6 nitrogen and oxygen atoms in total. The molecule has 0 bridgehead atoms. The van der Waals surface area contributed by atoms with Crippen molar-refractivity contribution in [1.82, 2.24) is 0 Å². The predicted octanol–water partition coefficient (Wildman–Crippen LogP) is 3.79. The molecule has 1 heterocycles. The molecule has 0 aliphatic rings. The molecule has 0 spiro atoms. The molecule has 1 N–H and O–H groups in total. The normalized spacial score (nSPS) is 10.5. The first-order valence-electron chi connectivity index (χ1n) is 7.60. The highest BCUT2D eigenvalue weighted by atomic mass is 16.5. The number of anilines is 1. The fourth-order valence-corrected chi connectivity index (χ4v) is 2.61. The Kier molecular flexibility index (Phi) is 4.43. The van der Waals surface area contributed by atoms with Gasteiger partial charge in [0.15, 0.2) is 0 Å². The number of hydrogen-bond acceptors (Lipinski definition) is 5. The number of amides is 1. The number of carbonyl (C=O) groups is 2. The van der Waals surface area contributed by atoms with Gasteiger partial charge in [-0.25, -0.2) is 4.79 Å².